The number of phosphoric ester groups is 1. The number of allylic oxidation sites excluding steroid dienone is 8. The minimum Gasteiger partial charge on any atom is -0.462 e. The van der Waals surface area contributed by atoms with Gasteiger partial charge in [0.15, 0.2) is 6.10 Å². The maximum absolute atomic E-state index is 12.7. The predicted octanol–water partition coefficient (Wildman–Crippen LogP) is 11.5. The molecule has 0 fully saturated rings. The summed E-state index contributed by atoms with van der Waals surface area (Å²) in [6.07, 6.45) is 40.1. The summed E-state index contributed by atoms with van der Waals surface area (Å²) in [6, 6.07) is 0. The molecule has 0 saturated heterocycles. The Morgan fingerprint density at radius 2 is 1.02 bits per heavy atom. The molecular weight excluding hydrogens is 689 g/mol. The Balaban J connectivity index is 4.46. The summed E-state index contributed by atoms with van der Waals surface area (Å²) in [6.45, 7) is 4.31. The Bertz CT molecular complexity index is 1050. The second kappa shape index (κ2) is 35.7. The van der Waals surface area contributed by atoms with Gasteiger partial charge in [0.25, 0.3) is 0 Å². The fraction of sp³-hybridized carbons (Fsp3) is 0.767. The fourth-order valence-corrected chi connectivity index (χ4v) is 5.99. The quantitative estimate of drug-likeness (QED) is 0.0219. The summed E-state index contributed by atoms with van der Waals surface area (Å²) in [7, 11) is 1.45. The van der Waals surface area contributed by atoms with Crippen LogP contribution in [0.15, 0.2) is 48.6 Å². The van der Waals surface area contributed by atoms with Crippen molar-refractivity contribution in [3.8, 4) is 0 Å². The van der Waals surface area contributed by atoms with Crippen LogP contribution in [0.25, 0.3) is 0 Å². The van der Waals surface area contributed by atoms with E-state index in [0.717, 1.165) is 77.0 Å². The first-order valence-electron chi connectivity index (χ1n) is 20.9. The van der Waals surface area contributed by atoms with Gasteiger partial charge in [-0.3, -0.25) is 18.6 Å². The maximum Gasteiger partial charge on any atom is 0.472 e. The lowest BCUT2D eigenvalue weighted by atomic mass is 10.1. The average Bonchev–Trinajstić information content (AvgIpc) is 3.10. The first-order valence-corrected chi connectivity index (χ1v) is 22.4. The molecule has 0 bridgehead atoms. The molecule has 0 aromatic rings. The molecule has 0 aliphatic carbocycles. The predicted molar refractivity (Wildman–Crippen MR) is 220 cm³/mol. The summed E-state index contributed by atoms with van der Waals surface area (Å²) in [5.74, 6) is -0.838. The first kappa shape index (κ1) is 51.0. The van der Waals surface area contributed by atoms with Crippen LogP contribution in [0.1, 0.15) is 162 Å². The molecule has 0 amide bonds. The van der Waals surface area contributed by atoms with Gasteiger partial charge < -0.3 is 18.9 Å². The zero-order valence-corrected chi connectivity index (χ0v) is 35.4. The van der Waals surface area contributed by atoms with Crippen LogP contribution in [0.4, 0.5) is 0 Å². The number of quaternary nitrogens is 1. The summed E-state index contributed by atoms with van der Waals surface area (Å²) in [5, 5.41) is 0. The van der Waals surface area contributed by atoms with Crippen molar-refractivity contribution >= 4 is 19.8 Å². The Hall–Kier alpha value is -2.03. The number of hydrogen-bond acceptors (Lipinski definition) is 7. The number of unbranched alkanes of at least 4 members (excludes halogenated alkanes) is 15. The highest BCUT2D eigenvalue weighted by Gasteiger charge is 2.27. The second-order valence-corrected chi connectivity index (χ2v) is 16.5. The van der Waals surface area contributed by atoms with Gasteiger partial charge in [-0.2, -0.15) is 0 Å². The summed E-state index contributed by atoms with van der Waals surface area (Å²) < 4.78 is 34.2. The smallest absolute Gasteiger partial charge is 0.462 e. The third-order valence-corrected chi connectivity index (χ3v) is 9.57. The second-order valence-electron chi connectivity index (χ2n) is 15.0. The lowest BCUT2D eigenvalue weighted by Gasteiger charge is -2.24. The minimum absolute atomic E-state index is 0.0242. The number of carbonyl (C=O) groups excluding carboxylic acids is 2. The molecule has 10 heteroatoms. The van der Waals surface area contributed by atoms with Crippen molar-refractivity contribution in [1.82, 2.24) is 0 Å². The van der Waals surface area contributed by atoms with Gasteiger partial charge in [-0.1, -0.05) is 120 Å². The molecule has 0 radical (unpaired) electrons. The molecule has 0 aliphatic rings. The van der Waals surface area contributed by atoms with Gasteiger partial charge >= 0.3 is 19.8 Å². The van der Waals surface area contributed by atoms with Gasteiger partial charge in [-0.25, -0.2) is 4.57 Å². The molecule has 1 N–H and O–H groups in total. The van der Waals surface area contributed by atoms with Gasteiger partial charge in [0, 0.05) is 12.8 Å². The van der Waals surface area contributed by atoms with E-state index in [-0.39, 0.29) is 32.0 Å². The van der Waals surface area contributed by atoms with Gasteiger partial charge in [-0.15, -0.1) is 0 Å². The minimum atomic E-state index is -4.38. The van der Waals surface area contributed by atoms with E-state index in [1.54, 1.807) is 0 Å². The maximum atomic E-state index is 12.7. The number of hydrogen-bond donors (Lipinski definition) is 1. The zero-order chi connectivity index (χ0) is 39.3. The molecule has 308 valence electrons. The zero-order valence-electron chi connectivity index (χ0n) is 34.5. The van der Waals surface area contributed by atoms with Crippen molar-refractivity contribution in [2.45, 2.75) is 168 Å². The van der Waals surface area contributed by atoms with E-state index in [1.165, 1.54) is 51.4 Å². The topological polar surface area (TPSA) is 108 Å². The molecule has 0 heterocycles. The van der Waals surface area contributed by atoms with Gasteiger partial charge in [0.1, 0.15) is 19.8 Å². The van der Waals surface area contributed by atoms with Crippen molar-refractivity contribution in [3.05, 3.63) is 48.6 Å². The Morgan fingerprint density at radius 1 is 0.585 bits per heavy atom. The summed E-state index contributed by atoms with van der Waals surface area (Å²) >= 11 is 0. The third-order valence-electron chi connectivity index (χ3n) is 8.58. The molecule has 0 saturated carbocycles. The highest BCUT2D eigenvalue weighted by atomic mass is 31.2. The molecule has 53 heavy (non-hydrogen) atoms. The number of esters is 2. The fourth-order valence-electron chi connectivity index (χ4n) is 5.25. The van der Waals surface area contributed by atoms with Crippen LogP contribution in [-0.4, -0.2) is 74.9 Å². The lowest BCUT2D eigenvalue weighted by molar-refractivity contribution is -0.870. The normalized spacial score (nSPS) is 14.2. The molecule has 2 atom stereocenters. The number of carbonyl (C=O) groups is 2. The van der Waals surface area contributed by atoms with E-state index in [4.69, 9.17) is 18.5 Å². The van der Waals surface area contributed by atoms with Crippen molar-refractivity contribution in [1.29, 1.82) is 0 Å². The molecule has 0 aromatic carbocycles. The van der Waals surface area contributed by atoms with E-state index >= 15 is 0 Å². The van der Waals surface area contributed by atoms with Crippen LogP contribution in [0, 0.1) is 0 Å². The van der Waals surface area contributed by atoms with Crippen molar-refractivity contribution in [2.75, 3.05) is 47.5 Å². The standard InChI is InChI=1S/C43H78NO8P/c1-6-8-10-12-14-16-18-20-21-22-23-24-26-28-30-32-34-36-43(46)52-41(40-51-53(47,48)50-38-37-44(3,4)5)39-49-42(45)35-33-31-29-27-25-19-17-15-13-11-9-7-2/h14-17,20-21,23-24,41H,6-13,18-19,22,25-40H2,1-5H3/p+1/b16-14-,17-15-,21-20-,24-23-/t41-/m1/s1. The molecule has 0 aliphatic heterocycles. The molecule has 0 rings (SSSR count). The largest absolute Gasteiger partial charge is 0.472 e. The van der Waals surface area contributed by atoms with E-state index in [0.29, 0.717) is 17.4 Å². The molecule has 9 nitrogen and oxygen atoms in total. The molecular formula is C43H79NO8P+. The van der Waals surface area contributed by atoms with E-state index in [1.807, 2.05) is 21.1 Å². The van der Waals surface area contributed by atoms with Crippen LogP contribution in [0.2, 0.25) is 0 Å². The molecule has 1 unspecified atom stereocenters. The van der Waals surface area contributed by atoms with E-state index in [9.17, 15) is 19.0 Å². The van der Waals surface area contributed by atoms with Crippen molar-refractivity contribution in [2.24, 2.45) is 0 Å². The Morgan fingerprint density at radius 3 is 1.53 bits per heavy atom. The van der Waals surface area contributed by atoms with Gasteiger partial charge in [0.2, 0.25) is 0 Å². The van der Waals surface area contributed by atoms with Crippen molar-refractivity contribution < 1.29 is 42.1 Å². The van der Waals surface area contributed by atoms with Gasteiger partial charge in [-0.05, 0) is 77.0 Å². The van der Waals surface area contributed by atoms with Crippen LogP contribution >= 0.6 is 7.82 Å². The Kier molecular flexibility index (Phi) is 34.3. The number of phosphoric acid groups is 1. The number of rotatable bonds is 37. The van der Waals surface area contributed by atoms with Gasteiger partial charge in [0.05, 0.1) is 27.7 Å². The summed E-state index contributed by atoms with van der Waals surface area (Å²) in [5.41, 5.74) is 0. The van der Waals surface area contributed by atoms with Crippen LogP contribution in [-0.2, 0) is 32.7 Å². The monoisotopic (exact) mass is 769 g/mol. The van der Waals surface area contributed by atoms with Crippen LogP contribution in [0.3, 0.4) is 0 Å². The van der Waals surface area contributed by atoms with Crippen LogP contribution < -0.4 is 0 Å². The number of ether oxygens (including phenoxy) is 2. The third kappa shape index (κ3) is 39.5. The highest BCUT2D eigenvalue weighted by molar-refractivity contribution is 7.47. The van der Waals surface area contributed by atoms with E-state index in [2.05, 4.69) is 62.5 Å². The van der Waals surface area contributed by atoms with E-state index < -0.39 is 26.5 Å². The number of nitrogens with zero attached hydrogens (tertiary/aromatic N) is 1. The highest BCUT2D eigenvalue weighted by Crippen LogP contribution is 2.43. The average molecular weight is 769 g/mol. The van der Waals surface area contributed by atoms with Crippen molar-refractivity contribution in [3.63, 3.8) is 0 Å². The lowest BCUT2D eigenvalue weighted by Crippen LogP contribution is -2.37. The molecule has 0 aromatic heterocycles. The number of likely N-dealkylation sites (N-methyl/N-ethyl adjacent to an activating group) is 1. The molecule has 0 spiro atoms. The SMILES string of the molecule is CCCCC/C=C\C/C=C\C/C=C\CCCCCCC(=O)O[C@H](COC(=O)CCCCCCC/C=C\CCCCC)COP(=O)(O)OCC[N+](C)(C)C. The Labute approximate surface area is 324 Å². The first-order chi connectivity index (χ1) is 25.5. The summed E-state index contributed by atoms with van der Waals surface area (Å²) in [4.78, 5) is 35.3. The van der Waals surface area contributed by atoms with Crippen LogP contribution in [0.5, 0.6) is 0 Å².